The summed E-state index contributed by atoms with van der Waals surface area (Å²) in [4.78, 5) is 28.3. The van der Waals surface area contributed by atoms with Crippen LogP contribution in [-0.2, 0) is 11.2 Å². The molecule has 0 radical (unpaired) electrons. The Morgan fingerprint density at radius 1 is 1.03 bits per heavy atom. The van der Waals surface area contributed by atoms with E-state index in [0.29, 0.717) is 11.6 Å². The van der Waals surface area contributed by atoms with Crippen molar-refractivity contribution in [1.82, 2.24) is 15.5 Å². The van der Waals surface area contributed by atoms with Gasteiger partial charge in [0.2, 0.25) is 5.91 Å². The number of nitrogens with one attached hydrogen (secondary N) is 2. The van der Waals surface area contributed by atoms with Crippen molar-refractivity contribution in [2.45, 2.75) is 69.6 Å². The van der Waals surface area contributed by atoms with Crippen LogP contribution >= 0.6 is 0 Å². The largest absolute Gasteiger partial charge is 0.343 e. The highest BCUT2D eigenvalue weighted by atomic mass is 16.2. The highest BCUT2D eigenvalue weighted by Crippen LogP contribution is 2.52. The lowest BCUT2D eigenvalue weighted by Crippen LogP contribution is -2.58. The van der Waals surface area contributed by atoms with Crippen molar-refractivity contribution in [3.63, 3.8) is 0 Å². The molecule has 2 aliphatic heterocycles. The Bertz CT molecular complexity index is 963. The Labute approximate surface area is 190 Å². The van der Waals surface area contributed by atoms with Crippen LogP contribution in [0.5, 0.6) is 0 Å². The molecule has 1 aliphatic carbocycles. The van der Waals surface area contributed by atoms with Crippen molar-refractivity contribution < 1.29 is 9.59 Å². The molecule has 32 heavy (non-hydrogen) atoms. The molecule has 5 nitrogen and oxygen atoms in total. The van der Waals surface area contributed by atoms with Gasteiger partial charge in [-0.05, 0) is 43.4 Å². The first-order valence-corrected chi connectivity index (χ1v) is 12.0. The van der Waals surface area contributed by atoms with Crippen LogP contribution < -0.4 is 10.6 Å². The first-order chi connectivity index (χ1) is 15.6. The van der Waals surface area contributed by atoms with Crippen LogP contribution in [-0.4, -0.2) is 47.4 Å². The first kappa shape index (κ1) is 21.2. The smallest absolute Gasteiger partial charge is 0.251 e. The van der Waals surface area contributed by atoms with Gasteiger partial charge in [-0.25, -0.2) is 0 Å². The molecule has 2 N–H and O–H groups in total. The second-order valence-electron chi connectivity index (χ2n) is 9.94. The van der Waals surface area contributed by atoms with Crippen LogP contribution in [0.2, 0.25) is 0 Å². The molecule has 5 rings (SSSR count). The van der Waals surface area contributed by atoms with E-state index in [1.54, 1.807) is 12.1 Å². The van der Waals surface area contributed by atoms with Crippen molar-refractivity contribution in [2.75, 3.05) is 6.54 Å². The number of likely N-dealkylation sites (tertiary alicyclic amines) is 1. The summed E-state index contributed by atoms with van der Waals surface area (Å²) in [6.45, 7) is 2.43. The predicted molar refractivity (Wildman–Crippen MR) is 125 cm³/mol. The van der Waals surface area contributed by atoms with E-state index in [2.05, 4.69) is 46.7 Å². The third-order valence-electron chi connectivity index (χ3n) is 8.02. The molecule has 1 saturated carbocycles. The second-order valence-corrected chi connectivity index (χ2v) is 9.94. The average molecular weight is 432 g/mol. The Hall–Kier alpha value is -2.66. The minimum atomic E-state index is -0.190. The Balaban J connectivity index is 1.37. The molecule has 3 aliphatic rings. The summed E-state index contributed by atoms with van der Waals surface area (Å²) in [5.41, 5.74) is 2.00. The zero-order valence-corrected chi connectivity index (χ0v) is 18.8. The molecule has 5 heteroatoms. The van der Waals surface area contributed by atoms with Crippen molar-refractivity contribution >= 4 is 11.8 Å². The normalized spacial score (nSPS) is 31.1. The summed E-state index contributed by atoms with van der Waals surface area (Å²) in [5.74, 6) is -0.138. The van der Waals surface area contributed by atoms with Gasteiger partial charge in [0.05, 0.1) is 6.54 Å². The van der Waals surface area contributed by atoms with Gasteiger partial charge < -0.3 is 15.5 Å². The van der Waals surface area contributed by atoms with Gasteiger partial charge in [0.1, 0.15) is 0 Å². The van der Waals surface area contributed by atoms with Gasteiger partial charge in [0, 0.05) is 35.1 Å². The van der Waals surface area contributed by atoms with Crippen LogP contribution in [0, 0.1) is 5.41 Å². The number of rotatable bonds is 5. The molecular formula is C27H33N3O2. The molecule has 2 aromatic rings. The standard InChI is InChI=1S/C27H33N3O2/c1-27-17-22-21(16-19-10-4-2-5-11-19)29-23(27)14-8-9-15-24(27)30(22)25(31)18-28-26(32)20-12-6-3-7-13-20/h2-7,10-13,21-24,29H,8-9,14-18H2,1H3,(H,28,32)/t21-,22+,23-,24+,27-/m1/s1. The molecule has 0 aromatic heterocycles. The number of piperidine rings is 1. The Morgan fingerprint density at radius 3 is 2.47 bits per heavy atom. The van der Waals surface area contributed by atoms with Gasteiger partial charge >= 0.3 is 0 Å². The van der Waals surface area contributed by atoms with Crippen molar-refractivity contribution in [3.05, 3.63) is 71.8 Å². The lowest BCUT2D eigenvalue weighted by molar-refractivity contribution is -0.134. The summed E-state index contributed by atoms with van der Waals surface area (Å²) in [5, 5.41) is 6.84. The van der Waals surface area contributed by atoms with Crippen molar-refractivity contribution in [2.24, 2.45) is 5.41 Å². The fraction of sp³-hybridized carbons (Fsp3) is 0.481. The number of carbonyl (C=O) groups excluding carboxylic acids is 2. The maximum Gasteiger partial charge on any atom is 0.251 e. The van der Waals surface area contributed by atoms with E-state index >= 15 is 0 Å². The zero-order chi connectivity index (χ0) is 22.1. The SMILES string of the molecule is C[C@@]12C[C@H]3[C@@H](Cc4ccccc4)N[C@@H]1CCCC[C@@H]2N3C(=O)CNC(=O)c1ccccc1. The molecular weight excluding hydrogens is 398 g/mol. The zero-order valence-electron chi connectivity index (χ0n) is 18.8. The van der Waals surface area contributed by atoms with Crippen molar-refractivity contribution in [3.8, 4) is 0 Å². The summed E-state index contributed by atoms with van der Waals surface area (Å²) in [7, 11) is 0. The minimum absolute atomic E-state index is 0.0513. The van der Waals surface area contributed by atoms with E-state index in [1.807, 2.05) is 24.3 Å². The maximum absolute atomic E-state index is 13.6. The van der Waals surface area contributed by atoms with Gasteiger partial charge in [-0.3, -0.25) is 9.59 Å². The highest BCUT2D eigenvalue weighted by Gasteiger charge is 2.60. The number of nitrogens with zero attached hydrogens (tertiary/aromatic N) is 1. The van der Waals surface area contributed by atoms with Crippen LogP contribution in [0.25, 0.3) is 0 Å². The molecule has 0 spiro atoms. The second kappa shape index (κ2) is 8.70. The number of hydrogen-bond acceptors (Lipinski definition) is 3. The van der Waals surface area contributed by atoms with E-state index in [1.165, 1.54) is 18.4 Å². The van der Waals surface area contributed by atoms with E-state index in [0.717, 1.165) is 25.7 Å². The molecule has 2 heterocycles. The predicted octanol–water partition coefficient (Wildman–Crippen LogP) is 3.55. The topological polar surface area (TPSA) is 61.4 Å². The molecule has 2 aromatic carbocycles. The summed E-state index contributed by atoms with van der Waals surface area (Å²) < 4.78 is 0. The van der Waals surface area contributed by atoms with E-state index in [4.69, 9.17) is 0 Å². The molecule has 2 amide bonds. The van der Waals surface area contributed by atoms with E-state index < -0.39 is 0 Å². The van der Waals surface area contributed by atoms with Crippen LogP contribution in [0.1, 0.15) is 54.9 Å². The van der Waals surface area contributed by atoms with Crippen LogP contribution in [0.15, 0.2) is 60.7 Å². The minimum Gasteiger partial charge on any atom is -0.343 e. The lowest BCUT2D eigenvalue weighted by atomic mass is 9.70. The number of fused-ring (bicyclic) bond motifs is 1. The summed E-state index contributed by atoms with van der Waals surface area (Å²) >= 11 is 0. The third kappa shape index (κ3) is 3.83. The Kier molecular flexibility index (Phi) is 5.76. The number of carbonyl (C=O) groups is 2. The molecule has 5 atom stereocenters. The van der Waals surface area contributed by atoms with Gasteiger partial charge in [0.15, 0.2) is 0 Å². The third-order valence-corrected chi connectivity index (χ3v) is 8.02. The fourth-order valence-electron chi connectivity index (χ4n) is 6.43. The molecule has 168 valence electrons. The summed E-state index contributed by atoms with van der Waals surface area (Å²) in [6, 6.07) is 20.8. The van der Waals surface area contributed by atoms with Gasteiger partial charge in [-0.15, -0.1) is 0 Å². The fourth-order valence-corrected chi connectivity index (χ4v) is 6.43. The van der Waals surface area contributed by atoms with Crippen molar-refractivity contribution in [1.29, 1.82) is 0 Å². The van der Waals surface area contributed by atoms with Gasteiger partial charge in [0.25, 0.3) is 5.91 Å². The Morgan fingerprint density at radius 2 is 1.72 bits per heavy atom. The highest BCUT2D eigenvalue weighted by molar-refractivity contribution is 5.96. The average Bonchev–Trinajstić information content (AvgIpc) is 2.97. The number of hydrogen-bond donors (Lipinski definition) is 2. The van der Waals surface area contributed by atoms with Gasteiger partial charge in [-0.2, -0.15) is 0 Å². The lowest BCUT2D eigenvalue weighted by Gasteiger charge is -2.43. The molecule has 3 fully saturated rings. The quantitative estimate of drug-likeness (QED) is 0.761. The van der Waals surface area contributed by atoms with E-state index in [9.17, 15) is 9.59 Å². The maximum atomic E-state index is 13.6. The first-order valence-electron chi connectivity index (χ1n) is 12.0. The monoisotopic (exact) mass is 431 g/mol. The van der Waals surface area contributed by atoms with Gasteiger partial charge in [-0.1, -0.05) is 68.3 Å². The molecule has 0 unspecified atom stereocenters. The van der Waals surface area contributed by atoms with Crippen LogP contribution in [0.3, 0.4) is 0 Å². The molecule has 2 saturated heterocycles. The number of benzene rings is 2. The number of amides is 2. The summed E-state index contributed by atoms with van der Waals surface area (Å²) in [6.07, 6.45) is 6.57. The van der Waals surface area contributed by atoms with E-state index in [-0.39, 0.29) is 41.9 Å². The molecule has 2 bridgehead atoms. The van der Waals surface area contributed by atoms with Crippen LogP contribution in [0.4, 0.5) is 0 Å².